The molecule has 0 saturated carbocycles. The van der Waals surface area contributed by atoms with E-state index in [1.165, 1.54) is 24.1 Å². The molecular formula is C17H19NO6. The molecule has 0 spiro atoms. The number of benzene rings is 1. The lowest BCUT2D eigenvalue weighted by atomic mass is 10.2. The SMILES string of the molecule is CN(CC(O)COCc1ccccc1)C(=O)c1ccc(C(=O)O)o1. The first kappa shape index (κ1) is 17.7. The Hall–Kier alpha value is -2.64. The maximum absolute atomic E-state index is 12.1. The van der Waals surface area contributed by atoms with Crippen molar-refractivity contribution in [3.8, 4) is 0 Å². The molecule has 2 N–H and O–H groups in total. The Kier molecular flexibility index (Phi) is 6.11. The van der Waals surface area contributed by atoms with Gasteiger partial charge in [-0.05, 0) is 17.7 Å². The number of carbonyl (C=O) groups is 2. The molecule has 128 valence electrons. The number of aliphatic hydroxyl groups excluding tert-OH is 1. The third kappa shape index (κ3) is 4.94. The smallest absolute Gasteiger partial charge is 0.371 e. The average Bonchev–Trinajstić information content (AvgIpc) is 3.05. The summed E-state index contributed by atoms with van der Waals surface area (Å²) < 4.78 is 10.4. The molecule has 1 amide bonds. The number of aromatic carboxylic acids is 1. The molecule has 0 fully saturated rings. The van der Waals surface area contributed by atoms with E-state index in [0.29, 0.717) is 6.61 Å². The highest BCUT2D eigenvalue weighted by atomic mass is 16.5. The van der Waals surface area contributed by atoms with Crippen LogP contribution in [0.4, 0.5) is 0 Å². The summed E-state index contributed by atoms with van der Waals surface area (Å²) in [5.74, 6) is -2.15. The van der Waals surface area contributed by atoms with Crippen LogP contribution in [0.25, 0.3) is 0 Å². The van der Waals surface area contributed by atoms with Crippen LogP contribution in [-0.4, -0.2) is 53.3 Å². The summed E-state index contributed by atoms with van der Waals surface area (Å²) in [6.07, 6.45) is -0.864. The van der Waals surface area contributed by atoms with Crippen molar-refractivity contribution in [2.75, 3.05) is 20.2 Å². The summed E-state index contributed by atoms with van der Waals surface area (Å²) in [5.41, 5.74) is 0.992. The molecule has 24 heavy (non-hydrogen) atoms. The van der Waals surface area contributed by atoms with Gasteiger partial charge in [0.2, 0.25) is 5.76 Å². The minimum atomic E-state index is -1.24. The summed E-state index contributed by atoms with van der Waals surface area (Å²) in [6.45, 7) is 0.484. The quantitative estimate of drug-likeness (QED) is 0.761. The number of carboxylic acid groups (broad SMARTS) is 1. The van der Waals surface area contributed by atoms with Gasteiger partial charge in [-0.2, -0.15) is 0 Å². The van der Waals surface area contributed by atoms with Gasteiger partial charge in [-0.3, -0.25) is 4.79 Å². The van der Waals surface area contributed by atoms with Crippen LogP contribution >= 0.6 is 0 Å². The second-order valence-electron chi connectivity index (χ2n) is 5.31. The van der Waals surface area contributed by atoms with Gasteiger partial charge in [-0.25, -0.2) is 4.79 Å². The number of carbonyl (C=O) groups excluding carboxylic acids is 1. The molecule has 1 aromatic heterocycles. The zero-order chi connectivity index (χ0) is 17.5. The first-order chi connectivity index (χ1) is 11.5. The van der Waals surface area contributed by atoms with Gasteiger partial charge in [0.1, 0.15) is 0 Å². The zero-order valence-electron chi connectivity index (χ0n) is 13.2. The predicted molar refractivity (Wildman–Crippen MR) is 84.7 cm³/mol. The topological polar surface area (TPSA) is 100 Å². The molecule has 2 aromatic rings. The van der Waals surface area contributed by atoms with Crippen molar-refractivity contribution in [3.63, 3.8) is 0 Å². The second kappa shape index (κ2) is 8.28. The van der Waals surface area contributed by atoms with E-state index in [1.54, 1.807) is 0 Å². The number of furan rings is 1. The Bertz CT molecular complexity index is 681. The van der Waals surface area contributed by atoms with E-state index in [1.807, 2.05) is 30.3 Å². The Morgan fingerprint density at radius 1 is 1.17 bits per heavy atom. The van der Waals surface area contributed by atoms with E-state index in [2.05, 4.69) is 0 Å². The number of nitrogens with zero attached hydrogens (tertiary/aromatic N) is 1. The van der Waals surface area contributed by atoms with Gasteiger partial charge in [0.25, 0.3) is 5.91 Å². The Balaban J connectivity index is 1.78. The summed E-state index contributed by atoms with van der Waals surface area (Å²) in [4.78, 5) is 24.1. The number of hydrogen-bond acceptors (Lipinski definition) is 5. The molecule has 7 nitrogen and oxygen atoms in total. The second-order valence-corrected chi connectivity index (χ2v) is 5.31. The van der Waals surface area contributed by atoms with Crippen LogP contribution < -0.4 is 0 Å². The fraction of sp³-hybridized carbons (Fsp3) is 0.294. The van der Waals surface area contributed by atoms with Crippen LogP contribution in [0.1, 0.15) is 26.7 Å². The fourth-order valence-corrected chi connectivity index (χ4v) is 2.09. The highest BCUT2D eigenvalue weighted by molar-refractivity contribution is 5.93. The van der Waals surface area contributed by atoms with Crippen molar-refractivity contribution in [2.24, 2.45) is 0 Å². The lowest BCUT2D eigenvalue weighted by molar-refractivity contribution is 0.0130. The fourth-order valence-electron chi connectivity index (χ4n) is 2.09. The van der Waals surface area contributed by atoms with Crippen LogP contribution in [0.3, 0.4) is 0 Å². The standard InChI is InChI=1S/C17H19NO6/c1-18(16(20)14-7-8-15(24-14)17(21)22)9-13(19)11-23-10-12-5-3-2-4-6-12/h2-8,13,19H,9-11H2,1H3,(H,21,22). The van der Waals surface area contributed by atoms with Crippen molar-refractivity contribution in [2.45, 2.75) is 12.7 Å². The molecule has 1 aromatic carbocycles. The summed E-state index contributed by atoms with van der Waals surface area (Å²) in [6, 6.07) is 12.0. The third-order valence-corrected chi connectivity index (χ3v) is 3.28. The molecule has 0 aliphatic carbocycles. The van der Waals surface area contributed by atoms with Crippen LogP contribution in [0.5, 0.6) is 0 Å². The predicted octanol–water partition coefficient (Wildman–Crippen LogP) is 1.63. The van der Waals surface area contributed by atoms with Crippen molar-refractivity contribution in [1.29, 1.82) is 0 Å². The van der Waals surface area contributed by atoms with E-state index < -0.39 is 18.0 Å². The monoisotopic (exact) mass is 333 g/mol. The normalized spacial score (nSPS) is 11.9. The van der Waals surface area contributed by atoms with Gasteiger partial charge in [0.15, 0.2) is 5.76 Å². The van der Waals surface area contributed by atoms with Gasteiger partial charge in [0.05, 0.1) is 19.3 Å². The number of hydrogen-bond donors (Lipinski definition) is 2. The molecule has 1 atom stereocenters. The van der Waals surface area contributed by atoms with Crippen LogP contribution in [0, 0.1) is 0 Å². The number of rotatable bonds is 8. The maximum atomic E-state index is 12.1. The Morgan fingerprint density at radius 2 is 1.83 bits per heavy atom. The van der Waals surface area contributed by atoms with E-state index >= 15 is 0 Å². The molecule has 2 rings (SSSR count). The number of carboxylic acids is 1. The number of likely N-dealkylation sites (N-methyl/N-ethyl adjacent to an activating group) is 1. The molecule has 0 radical (unpaired) electrons. The first-order valence-corrected chi connectivity index (χ1v) is 7.35. The van der Waals surface area contributed by atoms with Crippen molar-refractivity contribution in [3.05, 3.63) is 59.5 Å². The molecule has 0 aliphatic heterocycles. The zero-order valence-corrected chi connectivity index (χ0v) is 13.2. The van der Waals surface area contributed by atoms with Gasteiger partial charge in [-0.15, -0.1) is 0 Å². The minimum Gasteiger partial charge on any atom is -0.475 e. The van der Waals surface area contributed by atoms with Crippen LogP contribution in [-0.2, 0) is 11.3 Å². The molecule has 0 aliphatic rings. The van der Waals surface area contributed by atoms with Crippen molar-refractivity contribution < 1.29 is 29.0 Å². The van der Waals surface area contributed by atoms with Crippen LogP contribution in [0.2, 0.25) is 0 Å². The Labute approximate surface area is 139 Å². The van der Waals surface area contributed by atoms with Gasteiger partial charge in [0, 0.05) is 13.6 Å². The molecule has 1 heterocycles. The van der Waals surface area contributed by atoms with Crippen LogP contribution in [0.15, 0.2) is 46.9 Å². The summed E-state index contributed by atoms with van der Waals surface area (Å²) in [5, 5.41) is 18.7. The number of aliphatic hydroxyl groups is 1. The summed E-state index contributed by atoms with van der Waals surface area (Å²) in [7, 11) is 1.49. The molecule has 1 unspecified atom stereocenters. The average molecular weight is 333 g/mol. The van der Waals surface area contributed by atoms with E-state index in [-0.39, 0.29) is 24.7 Å². The van der Waals surface area contributed by atoms with E-state index in [9.17, 15) is 14.7 Å². The highest BCUT2D eigenvalue weighted by Crippen LogP contribution is 2.10. The summed E-state index contributed by atoms with van der Waals surface area (Å²) >= 11 is 0. The molecule has 0 bridgehead atoms. The van der Waals surface area contributed by atoms with Gasteiger partial charge >= 0.3 is 5.97 Å². The maximum Gasteiger partial charge on any atom is 0.371 e. The largest absolute Gasteiger partial charge is 0.475 e. The Morgan fingerprint density at radius 3 is 2.46 bits per heavy atom. The lowest BCUT2D eigenvalue weighted by Gasteiger charge is -2.20. The molecular weight excluding hydrogens is 314 g/mol. The van der Waals surface area contributed by atoms with Crippen molar-refractivity contribution >= 4 is 11.9 Å². The third-order valence-electron chi connectivity index (χ3n) is 3.28. The van der Waals surface area contributed by atoms with Crippen molar-refractivity contribution in [1.82, 2.24) is 4.90 Å². The van der Waals surface area contributed by atoms with E-state index in [4.69, 9.17) is 14.3 Å². The number of ether oxygens (including phenoxy) is 1. The van der Waals surface area contributed by atoms with Gasteiger partial charge in [-0.1, -0.05) is 30.3 Å². The molecule has 0 saturated heterocycles. The van der Waals surface area contributed by atoms with E-state index in [0.717, 1.165) is 5.56 Å². The highest BCUT2D eigenvalue weighted by Gasteiger charge is 2.20. The number of amides is 1. The molecule has 7 heteroatoms. The van der Waals surface area contributed by atoms with Gasteiger partial charge < -0.3 is 24.3 Å². The lowest BCUT2D eigenvalue weighted by Crippen LogP contribution is -2.36. The minimum absolute atomic E-state index is 0.0384. The first-order valence-electron chi connectivity index (χ1n) is 7.35.